The van der Waals surface area contributed by atoms with E-state index in [0.717, 1.165) is 36.2 Å². The molecule has 0 heterocycles. The Morgan fingerprint density at radius 1 is 1.02 bits per heavy atom. The van der Waals surface area contributed by atoms with Crippen molar-refractivity contribution in [3.8, 4) is 0 Å². The van der Waals surface area contributed by atoms with Crippen LogP contribution in [0.1, 0.15) is 111 Å². The molecule has 2 nitrogen and oxygen atoms in total. The second kappa shape index (κ2) is 10.3. The second-order valence-corrected chi connectivity index (χ2v) is 16.2. The highest BCUT2D eigenvalue weighted by Gasteiger charge is 2.68. The van der Waals surface area contributed by atoms with E-state index in [1.54, 1.807) is 11.1 Å². The summed E-state index contributed by atoms with van der Waals surface area (Å²) >= 11 is 6.52. The molecule has 0 bridgehead atoms. The van der Waals surface area contributed by atoms with Crippen LogP contribution in [0.15, 0.2) is 52.6 Å². The lowest BCUT2D eigenvalue weighted by atomic mass is 9.35. The van der Waals surface area contributed by atoms with E-state index in [1.165, 1.54) is 56.9 Å². The van der Waals surface area contributed by atoms with Crippen LogP contribution in [0.25, 0.3) is 0 Å². The summed E-state index contributed by atoms with van der Waals surface area (Å²) in [5, 5.41) is 0.696. The van der Waals surface area contributed by atoms with Gasteiger partial charge in [-0.05, 0) is 133 Å². The van der Waals surface area contributed by atoms with Crippen molar-refractivity contribution in [2.45, 2.75) is 106 Å². The fourth-order valence-corrected chi connectivity index (χ4v) is 12.2. The Hall–Kier alpha value is -1.54. The van der Waals surface area contributed by atoms with Gasteiger partial charge in [0.2, 0.25) is 5.90 Å². The van der Waals surface area contributed by atoms with Gasteiger partial charge in [-0.15, -0.1) is 0 Å². The number of benzene rings is 1. The van der Waals surface area contributed by atoms with E-state index in [4.69, 9.17) is 22.9 Å². The van der Waals surface area contributed by atoms with Gasteiger partial charge >= 0.3 is 0 Å². The number of fused-ring (bicyclic) bond motifs is 7. The molecule has 5 aliphatic rings. The maximum absolute atomic E-state index is 6.52. The summed E-state index contributed by atoms with van der Waals surface area (Å²) in [5.41, 5.74) is 7.19. The Morgan fingerprint density at radius 3 is 2.49 bits per heavy atom. The number of hydrogen-bond donors (Lipinski definition) is 0. The summed E-state index contributed by atoms with van der Waals surface area (Å²) in [6.45, 7) is 20.9. The van der Waals surface area contributed by atoms with E-state index < -0.39 is 0 Å². The normalized spacial score (nSPS) is 42.2. The SMILES string of the molecule is C=C1CC2(CCOC(=NC)c3ccccc3Cl)CCC3(C)C(CCC4C5(C)CCC(C)C5CCC43C)C2=C1C(C)C. The minimum Gasteiger partial charge on any atom is -0.477 e. The second-order valence-electron chi connectivity index (χ2n) is 15.8. The Balaban J connectivity index is 1.32. The van der Waals surface area contributed by atoms with Crippen LogP contribution in [0.5, 0.6) is 0 Å². The molecular weight excluding hydrogens is 522 g/mol. The van der Waals surface area contributed by atoms with E-state index in [0.29, 0.717) is 45.6 Å². The van der Waals surface area contributed by atoms with Crippen LogP contribution in [0.2, 0.25) is 5.02 Å². The molecule has 8 unspecified atom stereocenters. The summed E-state index contributed by atoms with van der Waals surface area (Å²) in [6, 6.07) is 7.89. The van der Waals surface area contributed by atoms with Crippen molar-refractivity contribution in [1.29, 1.82) is 0 Å². The van der Waals surface area contributed by atoms with Gasteiger partial charge in [0, 0.05) is 7.05 Å². The zero-order chi connectivity index (χ0) is 29.4. The van der Waals surface area contributed by atoms with Crippen LogP contribution >= 0.6 is 11.6 Å². The first-order valence-corrected chi connectivity index (χ1v) is 17.1. The van der Waals surface area contributed by atoms with Crippen molar-refractivity contribution in [2.75, 3.05) is 13.7 Å². The molecule has 41 heavy (non-hydrogen) atoms. The van der Waals surface area contributed by atoms with Gasteiger partial charge in [0.25, 0.3) is 0 Å². The Morgan fingerprint density at radius 2 is 1.78 bits per heavy atom. The van der Waals surface area contributed by atoms with Gasteiger partial charge in [-0.3, -0.25) is 4.99 Å². The number of allylic oxidation sites excluding steroid dienone is 3. The third-order valence-corrected chi connectivity index (χ3v) is 14.3. The number of nitrogens with zero attached hydrogens (tertiary/aromatic N) is 1. The molecule has 1 aromatic rings. The summed E-state index contributed by atoms with van der Waals surface area (Å²) in [4.78, 5) is 4.49. The lowest BCUT2D eigenvalue weighted by Crippen LogP contribution is -2.61. The molecule has 3 heteroatoms. The highest BCUT2D eigenvalue weighted by Crippen LogP contribution is 2.77. The molecule has 8 atom stereocenters. The van der Waals surface area contributed by atoms with Crippen LogP contribution < -0.4 is 0 Å². The monoisotopic (exact) mass is 575 g/mol. The fourth-order valence-electron chi connectivity index (χ4n) is 11.9. The van der Waals surface area contributed by atoms with Crippen LogP contribution in [0.3, 0.4) is 0 Å². The number of halogens is 1. The topological polar surface area (TPSA) is 21.6 Å². The van der Waals surface area contributed by atoms with Gasteiger partial charge in [-0.1, -0.05) is 83.0 Å². The van der Waals surface area contributed by atoms with E-state index in [2.05, 4.69) is 46.5 Å². The molecule has 0 aliphatic heterocycles. The molecule has 1 aromatic carbocycles. The zero-order valence-corrected chi connectivity index (χ0v) is 27.7. The quantitative estimate of drug-likeness (QED) is 0.253. The van der Waals surface area contributed by atoms with Crippen molar-refractivity contribution in [2.24, 2.45) is 56.2 Å². The van der Waals surface area contributed by atoms with Crippen molar-refractivity contribution < 1.29 is 4.74 Å². The molecular formula is C38H54ClNO. The van der Waals surface area contributed by atoms with Crippen molar-refractivity contribution in [3.63, 3.8) is 0 Å². The smallest absolute Gasteiger partial charge is 0.217 e. The van der Waals surface area contributed by atoms with E-state index in [-0.39, 0.29) is 5.41 Å². The van der Waals surface area contributed by atoms with Crippen LogP contribution in [-0.4, -0.2) is 19.6 Å². The first-order valence-electron chi connectivity index (χ1n) is 16.7. The minimum absolute atomic E-state index is 0.173. The standard InChI is InChI=1S/C38H54ClNO/c1-24(2)32-26(4)23-38(21-22-41-34(40-8)27-11-9-10-12-30(27)39)20-19-36(6)29(33(32)38)13-14-31-35(5)17-15-25(3)28(35)16-18-37(31,36)7/h9-12,24-25,28-29,31H,4,13-23H2,1-3,5-8H3. The van der Waals surface area contributed by atoms with Crippen LogP contribution in [0, 0.1) is 51.2 Å². The predicted molar refractivity (Wildman–Crippen MR) is 173 cm³/mol. The molecule has 5 aliphatic carbocycles. The summed E-state index contributed by atoms with van der Waals surface area (Å²) in [6.07, 6.45) is 13.3. The van der Waals surface area contributed by atoms with Gasteiger partial charge in [0.05, 0.1) is 17.2 Å². The first-order chi connectivity index (χ1) is 19.4. The molecule has 0 radical (unpaired) electrons. The molecule has 0 amide bonds. The molecule has 4 saturated carbocycles. The highest BCUT2D eigenvalue weighted by molar-refractivity contribution is 6.33. The first kappa shape index (κ1) is 29.5. The highest BCUT2D eigenvalue weighted by atomic mass is 35.5. The Kier molecular flexibility index (Phi) is 7.40. The third-order valence-electron chi connectivity index (χ3n) is 14.0. The molecule has 6 rings (SSSR count). The maximum Gasteiger partial charge on any atom is 0.217 e. The molecule has 0 aromatic heterocycles. The lowest BCUT2D eigenvalue weighted by molar-refractivity contribution is -0.181. The average molecular weight is 576 g/mol. The number of hydrogen-bond acceptors (Lipinski definition) is 2. The van der Waals surface area contributed by atoms with Crippen molar-refractivity contribution in [3.05, 3.63) is 58.1 Å². The van der Waals surface area contributed by atoms with Gasteiger partial charge in [0.15, 0.2) is 0 Å². The Labute approximate surface area is 255 Å². The molecule has 0 spiro atoms. The van der Waals surface area contributed by atoms with E-state index in [9.17, 15) is 0 Å². The summed E-state index contributed by atoms with van der Waals surface area (Å²) in [5.74, 6) is 4.55. The fraction of sp³-hybridized carbons (Fsp3) is 0.711. The Bertz CT molecular complexity index is 1280. The van der Waals surface area contributed by atoms with Crippen LogP contribution in [0.4, 0.5) is 0 Å². The van der Waals surface area contributed by atoms with Gasteiger partial charge in [0.1, 0.15) is 0 Å². The van der Waals surface area contributed by atoms with E-state index in [1.807, 2.05) is 31.3 Å². The predicted octanol–water partition coefficient (Wildman–Crippen LogP) is 10.7. The molecule has 224 valence electrons. The van der Waals surface area contributed by atoms with Crippen LogP contribution in [-0.2, 0) is 4.74 Å². The van der Waals surface area contributed by atoms with Gasteiger partial charge in [-0.2, -0.15) is 0 Å². The van der Waals surface area contributed by atoms with E-state index >= 15 is 0 Å². The zero-order valence-electron chi connectivity index (χ0n) is 26.9. The summed E-state index contributed by atoms with van der Waals surface area (Å²) < 4.78 is 6.45. The number of ether oxygens (including phenoxy) is 1. The van der Waals surface area contributed by atoms with Gasteiger partial charge < -0.3 is 4.74 Å². The third kappa shape index (κ3) is 4.19. The maximum atomic E-state index is 6.52. The summed E-state index contributed by atoms with van der Waals surface area (Å²) in [7, 11) is 1.81. The number of rotatable bonds is 5. The van der Waals surface area contributed by atoms with Crippen molar-refractivity contribution in [1.82, 2.24) is 0 Å². The number of aliphatic imine (C=N–C) groups is 1. The lowest BCUT2D eigenvalue weighted by Gasteiger charge is -2.69. The van der Waals surface area contributed by atoms with Gasteiger partial charge in [-0.25, -0.2) is 0 Å². The minimum atomic E-state index is 0.173. The average Bonchev–Trinajstić information content (AvgIpc) is 3.40. The van der Waals surface area contributed by atoms with Crippen molar-refractivity contribution >= 4 is 17.5 Å². The molecule has 4 fully saturated rings. The largest absolute Gasteiger partial charge is 0.477 e. The molecule has 0 saturated heterocycles. The molecule has 0 N–H and O–H groups in total.